The van der Waals surface area contributed by atoms with E-state index in [2.05, 4.69) is 0 Å². The molecule has 5 N–H and O–H groups in total. The smallest absolute Gasteiger partial charge is 0.201 e. The van der Waals surface area contributed by atoms with E-state index in [0.717, 1.165) is 0 Å². The quantitative estimate of drug-likeness (QED) is 0.323. The highest BCUT2D eigenvalue weighted by molar-refractivity contribution is 6.76. The van der Waals surface area contributed by atoms with Crippen LogP contribution in [0, 0.1) is 0 Å². The first-order valence-corrected chi connectivity index (χ1v) is 5.00. The van der Waals surface area contributed by atoms with E-state index < -0.39 is 8.24 Å². The normalized spacial score (nSPS) is 12.0. The lowest BCUT2D eigenvalue weighted by Gasteiger charge is -2.16. The van der Waals surface area contributed by atoms with Gasteiger partial charge in [-0.25, -0.2) is 0 Å². The highest BCUT2D eigenvalue weighted by Gasteiger charge is 2.25. The van der Waals surface area contributed by atoms with Crippen molar-refractivity contribution in [3.63, 3.8) is 0 Å². The first-order chi connectivity index (χ1) is 3.68. The minimum Gasteiger partial charge on any atom is -0.398 e. The second kappa shape index (κ2) is 3.16. The molecule has 0 heterocycles. The van der Waals surface area contributed by atoms with E-state index in [4.69, 9.17) is 20.7 Å². The fourth-order valence-corrected chi connectivity index (χ4v) is 0.450. The van der Waals surface area contributed by atoms with Gasteiger partial charge in [0, 0.05) is 0 Å². The number of aliphatic hydroxyl groups is 3. The summed E-state index contributed by atoms with van der Waals surface area (Å²) in [6.07, 6.45) is -0.792. The Morgan fingerprint density at radius 1 is 1.00 bits per heavy atom. The summed E-state index contributed by atoms with van der Waals surface area (Å²) < 4.78 is 0. The van der Waals surface area contributed by atoms with Gasteiger partial charge in [-0.2, -0.15) is 0 Å². The van der Waals surface area contributed by atoms with Crippen molar-refractivity contribution >= 4 is 8.24 Å². The van der Waals surface area contributed by atoms with Gasteiger partial charge in [-0.3, -0.25) is 0 Å². The summed E-state index contributed by atoms with van der Waals surface area (Å²) in [6.45, 7) is 0. The summed E-state index contributed by atoms with van der Waals surface area (Å²) in [6, 6.07) is 0. The zero-order valence-corrected chi connectivity index (χ0v) is 5.54. The minimum atomic E-state index is -2.50. The van der Waals surface area contributed by atoms with E-state index in [1.54, 1.807) is 0 Å². The summed E-state index contributed by atoms with van der Waals surface area (Å²) in [5.74, 6) is 0. The maximum absolute atomic E-state index is 8.40. The van der Waals surface area contributed by atoms with Crippen LogP contribution in [-0.4, -0.2) is 42.2 Å². The van der Waals surface area contributed by atoms with Crippen molar-refractivity contribution in [2.24, 2.45) is 5.40 Å². The average molecular weight is 137 g/mol. The third kappa shape index (κ3) is 1.89. The van der Waals surface area contributed by atoms with Crippen molar-refractivity contribution in [3.05, 3.63) is 0 Å². The van der Waals surface area contributed by atoms with Gasteiger partial charge in [0.15, 0.2) is 0 Å². The molecule has 0 aromatic carbocycles. The minimum absolute atomic E-state index is 0.264. The van der Waals surface area contributed by atoms with Crippen molar-refractivity contribution in [3.8, 4) is 0 Å². The summed E-state index contributed by atoms with van der Waals surface area (Å²) in [7, 11) is -2.50. The molecule has 0 unspecified atom stereocenters. The Morgan fingerprint density at radius 3 is 1.25 bits per heavy atom. The molecule has 4 nitrogen and oxygen atoms in total. The van der Waals surface area contributed by atoms with Crippen LogP contribution in [0.4, 0.5) is 0 Å². The molecule has 0 aliphatic heterocycles. The Labute approximate surface area is 48.7 Å². The summed E-state index contributed by atoms with van der Waals surface area (Å²) in [5, 5.41) is 30.5. The molecule has 0 atom stereocenters. The van der Waals surface area contributed by atoms with Crippen molar-refractivity contribution in [2.45, 2.75) is 0 Å². The molecule has 0 saturated carbocycles. The lowest BCUT2D eigenvalue weighted by atomic mass is 11.6. The molecular weight excluding hydrogens is 126 g/mol. The monoisotopic (exact) mass is 137 g/mol. The zero-order chi connectivity index (χ0) is 6.62. The van der Waals surface area contributed by atoms with Crippen LogP contribution in [0.1, 0.15) is 0 Å². The van der Waals surface area contributed by atoms with Gasteiger partial charge in [0.2, 0.25) is 8.24 Å². The molecule has 0 amide bonds. The Hall–Kier alpha value is 0.0569. The van der Waals surface area contributed by atoms with Gasteiger partial charge in [-0.1, -0.05) is 0 Å². The van der Waals surface area contributed by atoms with Gasteiger partial charge in [-0.05, 0) is 0 Å². The summed E-state index contributed by atoms with van der Waals surface area (Å²) in [4.78, 5) is 0. The van der Waals surface area contributed by atoms with E-state index in [0.29, 0.717) is 0 Å². The number of hydrogen-bond acceptors (Lipinski definition) is 4. The van der Waals surface area contributed by atoms with E-state index in [1.165, 1.54) is 0 Å². The first-order valence-electron chi connectivity index (χ1n) is 2.30. The molecule has 8 heavy (non-hydrogen) atoms. The third-order valence-electron chi connectivity index (χ3n) is 0.945. The van der Waals surface area contributed by atoms with Crippen LogP contribution in [0.15, 0.2) is 0 Å². The molecule has 0 radical (unpaired) electrons. The van der Waals surface area contributed by atoms with Crippen molar-refractivity contribution in [1.29, 1.82) is 0 Å². The van der Waals surface area contributed by atoms with Gasteiger partial charge < -0.3 is 20.7 Å². The maximum atomic E-state index is 8.40. The molecule has 0 aliphatic rings. The van der Waals surface area contributed by atoms with E-state index in [-0.39, 0.29) is 18.7 Å². The first kappa shape index (κ1) is 8.06. The molecule has 0 fully saturated rings. The molecular formula is C3H11NO3Si. The maximum Gasteiger partial charge on any atom is 0.201 e. The van der Waals surface area contributed by atoms with Crippen molar-refractivity contribution in [2.75, 3.05) is 18.7 Å². The SMILES string of the molecule is N[Si](CO)(CO)CO. The number of nitrogens with two attached hydrogens (primary N) is 1. The third-order valence-corrected chi connectivity index (χ3v) is 2.83. The number of rotatable bonds is 3. The molecule has 5 heteroatoms. The molecule has 0 saturated heterocycles. The topological polar surface area (TPSA) is 86.7 Å². The van der Waals surface area contributed by atoms with Crippen LogP contribution < -0.4 is 5.40 Å². The lowest BCUT2D eigenvalue weighted by molar-refractivity contribution is 0.287. The Balaban J connectivity index is 3.58. The highest BCUT2D eigenvalue weighted by atomic mass is 28.3. The highest BCUT2D eigenvalue weighted by Crippen LogP contribution is 1.86. The molecule has 0 aromatic rings. The predicted octanol–water partition coefficient (Wildman–Crippen LogP) is -2.51. The fourth-order valence-electron chi connectivity index (χ4n) is 0.150. The lowest BCUT2D eigenvalue weighted by Crippen LogP contribution is -2.57. The standard InChI is InChI=1S/C3H11NO3Si/c4-8(1-5,2-6)3-7/h5-7H,1-4H2. The van der Waals surface area contributed by atoms with Crippen LogP contribution in [-0.2, 0) is 0 Å². The van der Waals surface area contributed by atoms with Gasteiger partial charge in [0.25, 0.3) is 0 Å². The summed E-state index contributed by atoms with van der Waals surface area (Å²) >= 11 is 0. The fraction of sp³-hybridized carbons (Fsp3) is 1.00. The van der Waals surface area contributed by atoms with Crippen LogP contribution in [0.25, 0.3) is 0 Å². The second-order valence-corrected chi connectivity index (χ2v) is 5.51. The van der Waals surface area contributed by atoms with Crippen molar-refractivity contribution in [1.82, 2.24) is 0 Å². The number of hydrogen-bond donors (Lipinski definition) is 4. The molecule has 0 rings (SSSR count). The molecule has 0 aromatic heterocycles. The Bertz CT molecular complexity index is 57.3. The van der Waals surface area contributed by atoms with E-state index in [1.807, 2.05) is 0 Å². The Kier molecular flexibility index (Phi) is 3.18. The predicted molar refractivity (Wildman–Crippen MR) is 31.2 cm³/mol. The molecule has 0 aliphatic carbocycles. The Morgan fingerprint density at radius 2 is 1.25 bits per heavy atom. The average Bonchev–Trinajstić information content (AvgIpc) is 1.87. The largest absolute Gasteiger partial charge is 0.398 e. The summed E-state index contributed by atoms with van der Waals surface area (Å²) in [5.41, 5.74) is 0. The van der Waals surface area contributed by atoms with Crippen LogP contribution >= 0.6 is 0 Å². The van der Waals surface area contributed by atoms with Crippen LogP contribution in [0.2, 0.25) is 0 Å². The molecule has 0 bridgehead atoms. The van der Waals surface area contributed by atoms with Crippen LogP contribution in [0.3, 0.4) is 0 Å². The number of aliphatic hydroxyl groups excluding tert-OH is 3. The molecule has 50 valence electrons. The van der Waals surface area contributed by atoms with Gasteiger partial charge in [0.05, 0.1) is 18.7 Å². The van der Waals surface area contributed by atoms with E-state index in [9.17, 15) is 0 Å². The van der Waals surface area contributed by atoms with Gasteiger partial charge in [0.1, 0.15) is 0 Å². The van der Waals surface area contributed by atoms with Crippen molar-refractivity contribution < 1.29 is 15.3 Å². The van der Waals surface area contributed by atoms with E-state index >= 15 is 0 Å². The van der Waals surface area contributed by atoms with Gasteiger partial charge in [-0.15, -0.1) is 0 Å². The van der Waals surface area contributed by atoms with Crippen LogP contribution in [0.5, 0.6) is 0 Å². The van der Waals surface area contributed by atoms with Gasteiger partial charge >= 0.3 is 0 Å². The molecule has 0 spiro atoms. The second-order valence-electron chi connectivity index (χ2n) is 1.84. The zero-order valence-electron chi connectivity index (χ0n) is 4.54.